The third kappa shape index (κ3) is 6.61. The number of nitrogens with two attached hydrogens (primary N) is 2. The van der Waals surface area contributed by atoms with E-state index in [9.17, 15) is 14.7 Å². The SMILES string of the molecule is CNCCC1(C(=O)OC2Cc3c(cc4oc(C)cc(=O)c4c3O)OC2(C)C)OC1CCc1cc(N)nc(-c2cc(N)nc(C[NH+]3C=C4N=CC=C4C3)c2)c1. The second-order valence-electron chi connectivity index (χ2n) is 15.1. The highest BCUT2D eigenvalue weighted by molar-refractivity contribution is 5.87. The van der Waals surface area contributed by atoms with E-state index >= 15 is 0 Å². The lowest BCUT2D eigenvalue weighted by atomic mass is 9.89. The maximum absolute atomic E-state index is 14.0. The number of quaternary nitrogens is 1. The van der Waals surface area contributed by atoms with Crippen LogP contribution in [0.4, 0.5) is 11.6 Å². The predicted molar refractivity (Wildman–Crippen MR) is 202 cm³/mol. The Labute approximate surface area is 311 Å². The number of nitrogens with zero attached hydrogens (tertiary/aromatic N) is 3. The molecule has 0 bridgehead atoms. The normalized spacial score (nSPS) is 23.4. The van der Waals surface area contributed by atoms with E-state index in [-0.39, 0.29) is 28.6 Å². The number of rotatable bonds is 11. The number of esters is 1. The number of hydrogen-bond acceptors (Lipinski definition) is 13. The molecule has 1 fully saturated rings. The van der Waals surface area contributed by atoms with Crippen molar-refractivity contribution in [2.45, 2.75) is 76.4 Å². The van der Waals surface area contributed by atoms with Gasteiger partial charge in [-0.3, -0.25) is 14.7 Å². The molecule has 54 heavy (non-hydrogen) atoms. The highest BCUT2D eigenvalue weighted by atomic mass is 16.7. The zero-order valence-electron chi connectivity index (χ0n) is 30.7. The maximum atomic E-state index is 14.0. The minimum atomic E-state index is -1.16. The van der Waals surface area contributed by atoms with Gasteiger partial charge in [0, 0.05) is 47.9 Å². The van der Waals surface area contributed by atoms with E-state index in [1.54, 1.807) is 19.1 Å². The molecule has 14 nitrogen and oxygen atoms in total. The summed E-state index contributed by atoms with van der Waals surface area (Å²) in [6, 6.07) is 10.5. The van der Waals surface area contributed by atoms with Crippen LogP contribution in [0.1, 0.15) is 49.3 Å². The molecule has 4 unspecified atom stereocenters. The van der Waals surface area contributed by atoms with Crippen molar-refractivity contribution < 1.29 is 33.4 Å². The van der Waals surface area contributed by atoms with Crippen LogP contribution in [-0.2, 0) is 33.7 Å². The number of benzene rings is 1. The molecule has 4 aliphatic rings. The zero-order valence-corrected chi connectivity index (χ0v) is 30.7. The molecule has 280 valence electrons. The first kappa shape index (κ1) is 35.5. The molecular formula is C40H44N7O7+. The smallest absolute Gasteiger partial charge is 0.341 e. The Bertz CT molecular complexity index is 2350. The van der Waals surface area contributed by atoms with Crippen LogP contribution in [0.15, 0.2) is 74.1 Å². The maximum Gasteiger partial charge on any atom is 0.341 e. The molecule has 4 aliphatic heterocycles. The lowest BCUT2D eigenvalue weighted by Crippen LogP contribution is -3.04. The Hall–Kier alpha value is -5.57. The van der Waals surface area contributed by atoms with E-state index in [1.807, 2.05) is 51.4 Å². The third-order valence-corrected chi connectivity index (χ3v) is 10.7. The fourth-order valence-corrected chi connectivity index (χ4v) is 7.79. The van der Waals surface area contributed by atoms with Crippen LogP contribution in [0.2, 0.25) is 0 Å². The molecule has 0 radical (unpaired) electrons. The first-order chi connectivity index (χ1) is 25.8. The second kappa shape index (κ2) is 13.4. The monoisotopic (exact) mass is 734 g/mol. The summed E-state index contributed by atoms with van der Waals surface area (Å²) in [5.74, 6) is 0.826. The summed E-state index contributed by atoms with van der Waals surface area (Å²) in [7, 11) is 1.82. The summed E-state index contributed by atoms with van der Waals surface area (Å²) in [6.45, 7) is 7.33. The zero-order chi connectivity index (χ0) is 37.9. The minimum Gasteiger partial charge on any atom is -0.507 e. The molecule has 1 saturated heterocycles. The number of phenolic OH excluding ortho intramolecular Hbond substituents is 1. The van der Waals surface area contributed by atoms with Crippen LogP contribution in [0.5, 0.6) is 11.5 Å². The first-order valence-corrected chi connectivity index (χ1v) is 18.2. The average Bonchev–Trinajstić information content (AvgIpc) is 3.42. The number of allylic oxidation sites excluding steroid dienone is 1. The molecule has 14 heteroatoms. The van der Waals surface area contributed by atoms with Crippen molar-refractivity contribution in [2.24, 2.45) is 4.99 Å². The number of pyridine rings is 2. The van der Waals surface area contributed by atoms with Gasteiger partial charge >= 0.3 is 5.97 Å². The number of anilines is 2. The van der Waals surface area contributed by atoms with Gasteiger partial charge in [-0.05, 0) is 83.1 Å². The molecule has 1 aromatic carbocycles. The Morgan fingerprint density at radius 2 is 1.94 bits per heavy atom. The molecule has 7 heterocycles. The summed E-state index contributed by atoms with van der Waals surface area (Å²) in [6.07, 6.45) is 6.44. The van der Waals surface area contributed by atoms with E-state index in [0.29, 0.717) is 66.8 Å². The van der Waals surface area contributed by atoms with E-state index in [0.717, 1.165) is 29.1 Å². The molecule has 4 atom stereocenters. The number of epoxide rings is 1. The van der Waals surface area contributed by atoms with Crippen molar-refractivity contribution in [3.63, 3.8) is 0 Å². The van der Waals surface area contributed by atoms with Gasteiger partial charge in [-0.15, -0.1) is 0 Å². The number of hydrogen-bond donors (Lipinski definition) is 5. The summed E-state index contributed by atoms with van der Waals surface area (Å²) in [5, 5.41) is 14.4. The topological polar surface area (TPSA) is 205 Å². The second-order valence-corrected chi connectivity index (χ2v) is 15.1. The molecule has 3 aromatic heterocycles. The molecule has 7 N–H and O–H groups in total. The molecular weight excluding hydrogens is 690 g/mol. The number of aromatic nitrogens is 2. The summed E-state index contributed by atoms with van der Waals surface area (Å²) in [5.41, 5.74) is 16.2. The Balaban J connectivity index is 0.970. The lowest BCUT2D eigenvalue weighted by Gasteiger charge is -2.39. The van der Waals surface area contributed by atoms with Gasteiger partial charge < -0.3 is 40.5 Å². The van der Waals surface area contributed by atoms with Crippen LogP contribution in [0.3, 0.4) is 0 Å². The van der Waals surface area contributed by atoms with Crippen molar-refractivity contribution in [3.05, 3.63) is 92.7 Å². The number of fused-ring (bicyclic) bond motifs is 3. The van der Waals surface area contributed by atoms with Gasteiger partial charge in [-0.2, -0.15) is 0 Å². The fraction of sp³-hybridized carbons (Fsp3) is 0.375. The number of aliphatic imine (C=N–C) groups is 1. The van der Waals surface area contributed by atoms with Crippen molar-refractivity contribution in [1.82, 2.24) is 15.3 Å². The summed E-state index contributed by atoms with van der Waals surface area (Å²) < 4.78 is 24.4. The number of nitrogen functional groups attached to an aromatic ring is 2. The molecule has 0 spiro atoms. The van der Waals surface area contributed by atoms with Gasteiger partial charge in [0.1, 0.15) is 76.6 Å². The van der Waals surface area contributed by atoms with Gasteiger partial charge in [-0.25, -0.2) is 14.8 Å². The number of aryl methyl sites for hydroxylation is 2. The Kier molecular flexibility index (Phi) is 8.78. The lowest BCUT2D eigenvalue weighted by molar-refractivity contribution is -0.852. The molecule has 0 aliphatic carbocycles. The largest absolute Gasteiger partial charge is 0.507 e. The number of carbonyl (C=O) groups excluding carboxylic acids is 1. The predicted octanol–water partition coefficient (Wildman–Crippen LogP) is 2.68. The van der Waals surface area contributed by atoms with E-state index in [2.05, 4.69) is 26.5 Å². The standard InChI is InChI=1S/C40H43N7O7/c1-21-11-29(48)36-31(51-21)17-30-26(37(36)49)16-33(39(2,3)53-30)52-38(50)40(8-10-43-4)32(54-40)6-5-22-12-27(46-34(41)13-22)24-14-25(45-35(42)15-24)19-47-18-23-7-9-44-28(23)20-47/h7,9,11-15,17,20,32-33,43,49H,5-6,8,10,16,18-19H2,1-4H3,(H2,41,46)(H2,42,45)/p+1. The van der Waals surface area contributed by atoms with Gasteiger partial charge in [0.25, 0.3) is 0 Å². The molecule has 8 rings (SSSR count). The average molecular weight is 735 g/mol. The quantitative estimate of drug-likeness (QED) is 0.112. The van der Waals surface area contributed by atoms with Crippen molar-refractivity contribution in [1.29, 1.82) is 0 Å². The van der Waals surface area contributed by atoms with E-state index < -0.39 is 29.4 Å². The highest BCUT2D eigenvalue weighted by Gasteiger charge is 2.63. The molecule has 4 aromatic rings. The number of ether oxygens (including phenoxy) is 3. The first-order valence-electron chi connectivity index (χ1n) is 18.2. The van der Waals surface area contributed by atoms with E-state index in [4.69, 9.17) is 30.1 Å². The van der Waals surface area contributed by atoms with Crippen molar-refractivity contribution >= 4 is 34.8 Å². The third-order valence-electron chi connectivity index (χ3n) is 10.7. The number of carbonyl (C=O) groups is 1. The van der Waals surface area contributed by atoms with Gasteiger partial charge in [0.2, 0.25) is 0 Å². The number of nitrogens with one attached hydrogen (secondary N) is 2. The van der Waals surface area contributed by atoms with Crippen LogP contribution in [0, 0.1) is 6.92 Å². The summed E-state index contributed by atoms with van der Waals surface area (Å²) in [4.78, 5) is 41.6. The van der Waals surface area contributed by atoms with Crippen molar-refractivity contribution in [3.8, 4) is 22.8 Å². The Morgan fingerprint density at radius 3 is 2.74 bits per heavy atom. The molecule has 0 amide bonds. The van der Waals surface area contributed by atoms with Crippen LogP contribution in [0.25, 0.3) is 22.2 Å². The minimum absolute atomic E-state index is 0.0630. The van der Waals surface area contributed by atoms with Crippen LogP contribution >= 0.6 is 0 Å². The fourth-order valence-electron chi connectivity index (χ4n) is 7.79. The Morgan fingerprint density at radius 1 is 1.13 bits per heavy atom. The summed E-state index contributed by atoms with van der Waals surface area (Å²) >= 11 is 0. The molecule has 0 saturated carbocycles. The van der Waals surface area contributed by atoms with Gasteiger partial charge in [0.15, 0.2) is 11.0 Å². The van der Waals surface area contributed by atoms with Crippen LogP contribution < -0.4 is 31.8 Å². The van der Waals surface area contributed by atoms with Crippen molar-refractivity contribution in [2.75, 3.05) is 31.6 Å². The van der Waals surface area contributed by atoms with Gasteiger partial charge in [-0.1, -0.05) is 0 Å². The number of aromatic hydroxyl groups is 1. The highest BCUT2D eigenvalue weighted by Crippen LogP contribution is 2.47. The number of phenols is 1. The van der Waals surface area contributed by atoms with Gasteiger partial charge in [0.05, 0.1) is 17.5 Å². The van der Waals surface area contributed by atoms with Crippen LogP contribution in [-0.4, -0.2) is 70.8 Å². The van der Waals surface area contributed by atoms with E-state index in [1.165, 1.54) is 16.5 Å².